The molecule has 0 amide bonds. The molecule has 2 saturated heterocycles. The molecule has 0 unspecified atom stereocenters. The van der Waals surface area contributed by atoms with E-state index in [9.17, 15) is 8.78 Å². The smallest absolute Gasteiger partial charge is 0.311 e. The molecule has 2 aromatic heterocycles. The Labute approximate surface area is 124 Å². The Bertz CT molecular complexity index is 713. The average Bonchev–Trinajstić information content (AvgIpc) is 2.81. The summed E-state index contributed by atoms with van der Waals surface area (Å²) in [5.41, 5.74) is -0.122. The summed E-state index contributed by atoms with van der Waals surface area (Å²) in [5.74, 6) is -0.422. The molecule has 2 aliphatic heterocycles. The van der Waals surface area contributed by atoms with E-state index >= 15 is 0 Å². The predicted octanol–water partition coefficient (Wildman–Crippen LogP) is 1.90. The normalized spacial score (nSPS) is 24.8. The zero-order valence-corrected chi connectivity index (χ0v) is 11.7. The summed E-state index contributed by atoms with van der Waals surface area (Å²) in [6, 6.07) is 0.726. The molecule has 2 atom stereocenters. The zero-order valence-electron chi connectivity index (χ0n) is 11.0. The van der Waals surface area contributed by atoms with Crippen LogP contribution in [0.15, 0.2) is 6.20 Å². The van der Waals surface area contributed by atoms with Gasteiger partial charge in [-0.05, 0) is 12.8 Å². The molecule has 2 fully saturated rings. The summed E-state index contributed by atoms with van der Waals surface area (Å²) in [7, 11) is 0. The minimum atomic E-state index is -0.954. The molecule has 0 spiro atoms. The Balaban J connectivity index is 1.86. The fourth-order valence-electron chi connectivity index (χ4n) is 3.20. The lowest BCUT2D eigenvalue weighted by atomic mass is 10.2. The largest absolute Gasteiger partial charge is 0.353 e. The molecule has 1 N–H and O–H groups in total. The first-order valence-corrected chi connectivity index (χ1v) is 7.18. The lowest BCUT2D eigenvalue weighted by molar-refractivity contribution is 0.460. The van der Waals surface area contributed by atoms with Gasteiger partial charge in [0.05, 0.1) is 5.39 Å². The summed E-state index contributed by atoms with van der Waals surface area (Å²) in [6.45, 7) is 1.43. The van der Waals surface area contributed by atoms with Crippen LogP contribution in [0.3, 0.4) is 0 Å². The second kappa shape index (κ2) is 4.71. The van der Waals surface area contributed by atoms with Crippen LogP contribution in [0.5, 0.6) is 0 Å². The summed E-state index contributed by atoms with van der Waals surface area (Å²) >= 11 is 5.64. The maximum absolute atomic E-state index is 14.0. The van der Waals surface area contributed by atoms with Crippen molar-refractivity contribution in [1.82, 2.24) is 20.3 Å². The van der Waals surface area contributed by atoms with Gasteiger partial charge in [-0.1, -0.05) is 11.6 Å². The molecule has 2 aliphatic rings. The van der Waals surface area contributed by atoms with Gasteiger partial charge in [-0.15, -0.1) is 0 Å². The lowest BCUT2D eigenvalue weighted by Gasteiger charge is -2.34. The third-order valence-corrected chi connectivity index (χ3v) is 4.37. The van der Waals surface area contributed by atoms with Gasteiger partial charge in [0.2, 0.25) is 0 Å². The fraction of sp³-hybridized carbons (Fsp3) is 0.462. The Morgan fingerprint density at radius 3 is 2.62 bits per heavy atom. The summed E-state index contributed by atoms with van der Waals surface area (Å²) < 4.78 is 27.7. The van der Waals surface area contributed by atoms with Crippen molar-refractivity contribution in [2.75, 3.05) is 18.0 Å². The molecule has 2 aromatic rings. The van der Waals surface area contributed by atoms with Gasteiger partial charge >= 0.3 is 6.08 Å². The minimum Gasteiger partial charge on any atom is -0.353 e. The van der Waals surface area contributed by atoms with Crippen LogP contribution in [0, 0.1) is 11.9 Å². The van der Waals surface area contributed by atoms with E-state index in [0.29, 0.717) is 36.4 Å². The highest BCUT2D eigenvalue weighted by Crippen LogP contribution is 2.31. The maximum atomic E-state index is 14.0. The van der Waals surface area contributed by atoms with E-state index in [1.165, 1.54) is 6.20 Å². The van der Waals surface area contributed by atoms with Crippen molar-refractivity contribution in [2.45, 2.75) is 24.9 Å². The number of hydrogen-bond acceptors (Lipinski definition) is 5. The van der Waals surface area contributed by atoms with E-state index in [1.54, 1.807) is 0 Å². The van der Waals surface area contributed by atoms with Crippen molar-refractivity contribution in [3.05, 3.63) is 23.2 Å². The number of nitrogens with one attached hydrogen (secondary N) is 1. The quantitative estimate of drug-likeness (QED) is 0.644. The second-order valence-corrected chi connectivity index (χ2v) is 5.84. The van der Waals surface area contributed by atoms with Gasteiger partial charge in [0.1, 0.15) is 11.3 Å². The molecule has 8 heteroatoms. The highest BCUT2D eigenvalue weighted by atomic mass is 35.5. The van der Waals surface area contributed by atoms with E-state index in [0.717, 1.165) is 12.8 Å². The van der Waals surface area contributed by atoms with Crippen LogP contribution in [-0.4, -0.2) is 40.1 Å². The lowest BCUT2D eigenvalue weighted by Crippen LogP contribution is -2.51. The van der Waals surface area contributed by atoms with Gasteiger partial charge in [0, 0.05) is 31.4 Å². The van der Waals surface area contributed by atoms with Crippen molar-refractivity contribution in [3.8, 4) is 0 Å². The SMILES string of the molecule is Fc1nc(N2C[C@H]3CC[C@@H](C2)N3)c2cnc(Cl)c(F)c2n1. The molecule has 0 aliphatic carbocycles. The number of fused-ring (bicyclic) bond motifs is 3. The number of halogens is 3. The Morgan fingerprint density at radius 1 is 1.19 bits per heavy atom. The first-order valence-electron chi connectivity index (χ1n) is 6.80. The van der Waals surface area contributed by atoms with Gasteiger partial charge in [0.15, 0.2) is 11.0 Å². The van der Waals surface area contributed by atoms with Gasteiger partial charge in [-0.25, -0.2) is 9.37 Å². The van der Waals surface area contributed by atoms with E-state index in [4.69, 9.17) is 11.6 Å². The number of aromatic nitrogens is 3. The van der Waals surface area contributed by atoms with Crippen LogP contribution in [0.4, 0.5) is 14.6 Å². The Hall–Kier alpha value is -1.60. The van der Waals surface area contributed by atoms with E-state index in [1.807, 2.05) is 4.90 Å². The van der Waals surface area contributed by atoms with Gasteiger partial charge in [0.25, 0.3) is 0 Å². The van der Waals surface area contributed by atoms with Crippen molar-refractivity contribution >= 4 is 28.3 Å². The molecule has 0 aromatic carbocycles. The monoisotopic (exact) mass is 311 g/mol. The predicted molar refractivity (Wildman–Crippen MR) is 74.4 cm³/mol. The number of rotatable bonds is 1. The number of anilines is 1. The standard InChI is InChI=1S/C13H12ClF2N5/c14-11-9(15)10-8(3-17-11)12(20-13(16)19-10)21-4-6-1-2-7(5-21)18-6/h3,6-7,18H,1-2,4-5H2/t6-,7+. The van der Waals surface area contributed by atoms with Crippen LogP contribution in [-0.2, 0) is 0 Å². The highest BCUT2D eigenvalue weighted by Gasteiger charge is 2.33. The first-order chi connectivity index (χ1) is 10.1. The van der Waals surface area contributed by atoms with E-state index in [-0.39, 0.29) is 10.7 Å². The van der Waals surface area contributed by atoms with Crippen molar-refractivity contribution in [1.29, 1.82) is 0 Å². The molecule has 0 radical (unpaired) electrons. The second-order valence-electron chi connectivity index (χ2n) is 5.48. The van der Waals surface area contributed by atoms with Crippen LogP contribution >= 0.6 is 11.6 Å². The molecule has 21 heavy (non-hydrogen) atoms. The fourth-order valence-corrected chi connectivity index (χ4v) is 3.34. The molecule has 4 rings (SSSR count). The molecular weight excluding hydrogens is 300 g/mol. The zero-order chi connectivity index (χ0) is 14.6. The Morgan fingerprint density at radius 2 is 1.90 bits per heavy atom. The van der Waals surface area contributed by atoms with Crippen LogP contribution < -0.4 is 10.2 Å². The third-order valence-electron chi connectivity index (χ3n) is 4.11. The van der Waals surface area contributed by atoms with Crippen molar-refractivity contribution in [3.63, 3.8) is 0 Å². The van der Waals surface area contributed by atoms with Crippen molar-refractivity contribution < 1.29 is 8.78 Å². The van der Waals surface area contributed by atoms with Gasteiger partial charge in [-0.2, -0.15) is 14.4 Å². The van der Waals surface area contributed by atoms with Gasteiger partial charge in [-0.3, -0.25) is 0 Å². The van der Waals surface area contributed by atoms with Crippen LogP contribution in [0.1, 0.15) is 12.8 Å². The number of nitrogens with zero attached hydrogens (tertiary/aromatic N) is 4. The number of piperazine rings is 1. The average molecular weight is 312 g/mol. The molecule has 5 nitrogen and oxygen atoms in total. The highest BCUT2D eigenvalue weighted by molar-refractivity contribution is 6.30. The topological polar surface area (TPSA) is 53.9 Å². The van der Waals surface area contributed by atoms with E-state index < -0.39 is 11.9 Å². The summed E-state index contributed by atoms with van der Waals surface area (Å²) in [5, 5.41) is 3.56. The molecule has 4 heterocycles. The van der Waals surface area contributed by atoms with Crippen molar-refractivity contribution in [2.24, 2.45) is 0 Å². The molecular formula is C13H12ClF2N5. The Kier molecular flexibility index (Phi) is 2.93. The molecule has 110 valence electrons. The molecule has 2 bridgehead atoms. The third kappa shape index (κ3) is 2.11. The minimum absolute atomic E-state index is 0.122. The van der Waals surface area contributed by atoms with Gasteiger partial charge < -0.3 is 10.2 Å². The first kappa shape index (κ1) is 13.1. The van der Waals surface area contributed by atoms with E-state index in [2.05, 4.69) is 20.3 Å². The summed E-state index contributed by atoms with van der Waals surface area (Å²) in [4.78, 5) is 13.2. The number of pyridine rings is 1. The maximum Gasteiger partial charge on any atom is 0.311 e. The van der Waals surface area contributed by atoms with Crippen LogP contribution in [0.25, 0.3) is 10.9 Å². The molecule has 0 saturated carbocycles. The number of hydrogen-bond donors (Lipinski definition) is 1. The van der Waals surface area contributed by atoms with Crippen LogP contribution in [0.2, 0.25) is 5.15 Å². The summed E-state index contributed by atoms with van der Waals surface area (Å²) in [6.07, 6.45) is 2.62.